The molecule has 0 saturated carbocycles. The molecule has 4 nitrogen and oxygen atoms in total. The Labute approximate surface area is 126 Å². The molecule has 0 unspecified atom stereocenters. The van der Waals surface area contributed by atoms with Gasteiger partial charge in [0, 0.05) is 4.47 Å². The Morgan fingerprint density at radius 3 is 2.45 bits per heavy atom. The lowest BCUT2D eigenvalue weighted by atomic mass is 10.2. The zero-order valence-corrected chi connectivity index (χ0v) is 12.8. The quantitative estimate of drug-likeness (QED) is 0.919. The van der Waals surface area contributed by atoms with Gasteiger partial charge in [0.1, 0.15) is 0 Å². The van der Waals surface area contributed by atoms with Gasteiger partial charge in [-0.2, -0.15) is 5.26 Å². The monoisotopic (exact) mass is 350 g/mol. The number of nitrogens with zero attached hydrogens (tertiary/aromatic N) is 1. The van der Waals surface area contributed by atoms with Crippen LogP contribution in [0.15, 0.2) is 53.0 Å². The first-order chi connectivity index (χ1) is 9.50. The number of sulfonamides is 1. The summed E-state index contributed by atoms with van der Waals surface area (Å²) in [5, 5.41) is 8.77. The maximum atomic E-state index is 12.1. The van der Waals surface area contributed by atoms with E-state index in [0.717, 1.165) is 0 Å². The number of benzene rings is 2. The molecule has 20 heavy (non-hydrogen) atoms. The molecule has 0 bridgehead atoms. The number of hydrogen-bond donors (Lipinski definition) is 1. The van der Waals surface area contributed by atoms with Crippen molar-refractivity contribution < 1.29 is 8.42 Å². The highest BCUT2D eigenvalue weighted by atomic mass is 79.9. The molecule has 0 radical (unpaired) electrons. The van der Waals surface area contributed by atoms with Crippen LogP contribution in [-0.2, 0) is 15.8 Å². The van der Waals surface area contributed by atoms with Crippen LogP contribution in [0.3, 0.4) is 0 Å². The molecule has 0 aliphatic heterocycles. The SMILES string of the molecule is N#Cc1ccc(NS(=O)(=O)Cc2ccccc2)c(Br)c1. The van der Waals surface area contributed by atoms with Crippen molar-refractivity contribution in [3.8, 4) is 6.07 Å². The van der Waals surface area contributed by atoms with E-state index in [9.17, 15) is 8.42 Å². The fraction of sp³-hybridized carbons (Fsp3) is 0.0714. The molecule has 0 atom stereocenters. The summed E-state index contributed by atoms with van der Waals surface area (Å²) < 4.78 is 27.2. The van der Waals surface area contributed by atoms with E-state index in [1.54, 1.807) is 42.5 Å². The number of nitriles is 1. The summed E-state index contributed by atoms with van der Waals surface area (Å²) in [4.78, 5) is 0. The van der Waals surface area contributed by atoms with Crippen LogP contribution < -0.4 is 4.72 Å². The van der Waals surface area contributed by atoms with Crippen LogP contribution in [0.4, 0.5) is 5.69 Å². The third-order valence-electron chi connectivity index (χ3n) is 2.56. The van der Waals surface area contributed by atoms with E-state index in [1.807, 2.05) is 12.1 Å². The molecule has 0 aliphatic carbocycles. The summed E-state index contributed by atoms with van der Waals surface area (Å²) >= 11 is 3.25. The molecule has 6 heteroatoms. The largest absolute Gasteiger partial charge is 0.282 e. The van der Waals surface area contributed by atoms with Crippen molar-refractivity contribution in [2.24, 2.45) is 0 Å². The topological polar surface area (TPSA) is 70.0 Å². The minimum absolute atomic E-state index is 0.0969. The van der Waals surface area contributed by atoms with Crippen molar-refractivity contribution in [2.75, 3.05) is 4.72 Å². The van der Waals surface area contributed by atoms with Crippen molar-refractivity contribution in [3.63, 3.8) is 0 Å². The molecule has 0 saturated heterocycles. The highest BCUT2D eigenvalue weighted by Crippen LogP contribution is 2.25. The zero-order valence-electron chi connectivity index (χ0n) is 10.4. The molecule has 0 aliphatic rings. The molecule has 0 spiro atoms. The van der Waals surface area contributed by atoms with Crippen molar-refractivity contribution in [2.45, 2.75) is 5.75 Å². The molecule has 102 valence electrons. The zero-order chi connectivity index (χ0) is 14.6. The summed E-state index contributed by atoms with van der Waals surface area (Å²) in [7, 11) is -3.49. The maximum absolute atomic E-state index is 12.1. The fourth-order valence-electron chi connectivity index (χ4n) is 1.66. The molecule has 2 aromatic carbocycles. The van der Waals surface area contributed by atoms with E-state index in [1.165, 1.54) is 0 Å². The Morgan fingerprint density at radius 2 is 1.85 bits per heavy atom. The van der Waals surface area contributed by atoms with E-state index in [-0.39, 0.29) is 5.75 Å². The minimum atomic E-state index is -3.49. The van der Waals surface area contributed by atoms with E-state index in [0.29, 0.717) is 21.3 Å². The molecule has 0 amide bonds. The van der Waals surface area contributed by atoms with Gasteiger partial charge in [0.15, 0.2) is 0 Å². The number of anilines is 1. The maximum Gasteiger partial charge on any atom is 0.236 e. The first kappa shape index (κ1) is 14.6. The van der Waals surface area contributed by atoms with Crippen molar-refractivity contribution in [1.82, 2.24) is 0 Å². The predicted molar refractivity (Wildman–Crippen MR) is 81.5 cm³/mol. The lowest BCUT2D eigenvalue weighted by molar-refractivity contribution is 0.600. The van der Waals surface area contributed by atoms with Crippen LogP contribution >= 0.6 is 15.9 Å². The summed E-state index contributed by atoms with van der Waals surface area (Å²) in [6.07, 6.45) is 0. The van der Waals surface area contributed by atoms with Gasteiger partial charge in [-0.05, 0) is 39.7 Å². The number of hydrogen-bond acceptors (Lipinski definition) is 3. The molecule has 0 fully saturated rings. The van der Waals surface area contributed by atoms with Crippen LogP contribution in [-0.4, -0.2) is 8.42 Å². The third kappa shape index (κ3) is 3.83. The second-order valence-electron chi connectivity index (χ2n) is 4.15. The highest BCUT2D eigenvalue weighted by molar-refractivity contribution is 9.10. The molecular weight excluding hydrogens is 340 g/mol. The summed E-state index contributed by atoms with van der Waals surface area (Å²) in [6.45, 7) is 0. The third-order valence-corrected chi connectivity index (χ3v) is 4.46. The van der Waals surface area contributed by atoms with Gasteiger partial charge in [0.25, 0.3) is 0 Å². The van der Waals surface area contributed by atoms with Gasteiger partial charge in [0.2, 0.25) is 10.0 Å². The first-order valence-electron chi connectivity index (χ1n) is 5.74. The molecule has 0 heterocycles. The Bertz CT molecular complexity index is 752. The van der Waals surface area contributed by atoms with E-state index >= 15 is 0 Å². The minimum Gasteiger partial charge on any atom is -0.282 e. The van der Waals surface area contributed by atoms with Gasteiger partial charge in [-0.15, -0.1) is 0 Å². The van der Waals surface area contributed by atoms with Crippen LogP contribution in [0.1, 0.15) is 11.1 Å². The molecule has 0 aromatic heterocycles. The molecule has 1 N–H and O–H groups in total. The van der Waals surface area contributed by atoms with E-state index in [2.05, 4.69) is 20.7 Å². The van der Waals surface area contributed by atoms with Gasteiger partial charge in [-0.1, -0.05) is 30.3 Å². The number of halogens is 1. The predicted octanol–water partition coefficient (Wildman–Crippen LogP) is 3.26. The van der Waals surface area contributed by atoms with E-state index in [4.69, 9.17) is 5.26 Å². The fourth-order valence-corrected chi connectivity index (χ4v) is 3.49. The highest BCUT2D eigenvalue weighted by Gasteiger charge is 2.13. The van der Waals surface area contributed by atoms with Gasteiger partial charge < -0.3 is 0 Å². The van der Waals surface area contributed by atoms with Crippen molar-refractivity contribution in [1.29, 1.82) is 5.26 Å². The van der Waals surface area contributed by atoms with Crippen LogP contribution in [0.5, 0.6) is 0 Å². The van der Waals surface area contributed by atoms with Crippen LogP contribution in [0.2, 0.25) is 0 Å². The Hall–Kier alpha value is -1.84. The number of rotatable bonds is 4. The summed E-state index contributed by atoms with van der Waals surface area (Å²) in [5.74, 6) is -0.0969. The van der Waals surface area contributed by atoms with Crippen LogP contribution in [0, 0.1) is 11.3 Å². The molecule has 2 rings (SSSR count). The Morgan fingerprint density at radius 1 is 1.15 bits per heavy atom. The second-order valence-corrected chi connectivity index (χ2v) is 6.73. The normalized spacial score (nSPS) is 10.8. The summed E-state index contributed by atoms with van der Waals surface area (Å²) in [6, 6.07) is 15.6. The van der Waals surface area contributed by atoms with Gasteiger partial charge in [-0.25, -0.2) is 8.42 Å². The molecule has 2 aromatic rings. The lowest BCUT2D eigenvalue weighted by Crippen LogP contribution is -2.15. The average molecular weight is 351 g/mol. The van der Waals surface area contributed by atoms with E-state index < -0.39 is 10.0 Å². The standard InChI is InChI=1S/C14H11BrN2O2S/c15-13-8-12(9-16)6-7-14(13)17-20(18,19)10-11-4-2-1-3-5-11/h1-8,17H,10H2. The van der Waals surface area contributed by atoms with Crippen molar-refractivity contribution in [3.05, 3.63) is 64.1 Å². The second kappa shape index (κ2) is 6.07. The molecular formula is C14H11BrN2O2S. The van der Waals surface area contributed by atoms with Gasteiger partial charge >= 0.3 is 0 Å². The van der Waals surface area contributed by atoms with Gasteiger partial charge in [0.05, 0.1) is 23.1 Å². The Kier molecular flexibility index (Phi) is 4.42. The smallest absolute Gasteiger partial charge is 0.236 e. The lowest BCUT2D eigenvalue weighted by Gasteiger charge is -2.10. The van der Waals surface area contributed by atoms with Crippen LogP contribution in [0.25, 0.3) is 0 Å². The first-order valence-corrected chi connectivity index (χ1v) is 8.19. The Balaban J connectivity index is 2.19. The summed E-state index contributed by atoms with van der Waals surface area (Å²) in [5.41, 5.74) is 1.59. The number of nitrogens with one attached hydrogen (secondary N) is 1. The average Bonchev–Trinajstić information content (AvgIpc) is 2.41. The van der Waals surface area contributed by atoms with Crippen molar-refractivity contribution >= 4 is 31.6 Å². The van der Waals surface area contributed by atoms with Gasteiger partial charge in [-0.3, -0.25) is 4.72 Å².